The topological polar surface area (TPSA) is 20.2 Å². The Bertz CT molecular complexity index is 538. The van der Waals surface area contributed by atoms with Crippen LogP contribution in [0.1, 0.15) is 141 Å². The lowest BCUT2D eigenvalue weighted by molar-refractivity contribution is 0.456. The van der Waals surface area contributed by atoms with Crippen molar-refractivity contribution in [1.29, 1.82) is 0 Å². The van der Waals surface area contributed by atoms with Gasteiger partial charge in [0.2, 0.25) is 0 Å². The van der Waals surface area contributed by atoms with Gasteiger partial charge in [-0.05, 0) is 41.9 Å². The number of hydrogen-bond donors (Lipinski definition) is 1. The van der Waals surface area contributed by atoms with Crippen molar-refractivity contribution in [3.63, 3.8) is 0 Å². The van der Waals surface area contributed by atoms with Crippen molar-refractivity contribution in [2.75, 3.05) is 0 Å². The van der Waals surface area contributed by atoms with Crippen LogP contribution in [0.5, 0.6) is 5.75 Å². The molecule has 0 aliphatic heterocycles. The van der Waals surface area contributed by atoms with Crippen LogP contribution < -0.4 is 0 Å². The van der Waals surface area contributed by atoms with Gasteiger partial charge in [0, 0.05) is 0 Å². The summed E-state index contributed by atoms with van der Waals surface area (Å²) in [6.07, 6.45) is 21.9. The van der Waals surface area contributed by atoms with E-state index in [9.17, 15) is 5.11 Å². The van der Waals surface area contributed by atoms with Crippen LogP contribution in [0.15, 0.2) is 12.1 Å². The van der Waals surface area contributed by atoms with Gasteiger partial charge in [0.15, 0.2) is 0 Å². The number of rotatable bonds is 16. The highest BCUT2D eigenvalue weighted by Gasteiger charge is 2.19. The maximum Gasteiger partial charge on any atom is 0.121 e. The van der Waals surface area contributed by atoms with Crippen molar-refractivity contribution in [3.8, 4) is 5.75 Å². The first-order valence-electron chi connectivity index (χ1n) is 12.7. The third-order valence-electron chi connectivity index (χ3n) is 6.37. The highest BCUT2D eigenvalue weighted by atomic mass is 16.3. The predicted molar refractivity (Wildman–Crippen MR) is 130 cm³/mol. The number of unbranched alkanes of at least 4 members (excludes halogenated alkanes) is 14. The Morgan fingerprint density at radius 3 is 1.48 bits per heavy atom. The molecule has 0 bridgehead atoms. The molecular weight excluding hydrogens is 352 g/mol. The average Bonchev–Trinajstić information content (AvgIpc) is 2.67. The lowest BCUT2D eigenvalue weighted by Crippen LogP contribution is -2.13. The van der Waals surface area contributed by atoms with E-state index in [1.165, 1.54) is 102 Å². The Balaban J connectivity index is 2.02. The summed E-state index contributed by atoms with van der Waals surface area (Å²) in [6, 6.07) is 4.36. The second kappa shape index (κ2) is 14.9. The van der Waals surface area contributed by atoms with Crippen molar-refractivity contribution < 1.29 is 5.11 Å². The largest absolute Gasteiger partial charge is 0.507 e. The fourth-order valence-electron chi connectivity index (χ4n) is 4.46. The molecule has 0 heterocycles. The monoisotopic (exact) mass is 402 g/mol. The highest BCUT2D eigenvalue weighted by molar-refractivity contribution is 5.47. The quantitative estimate of drug-likeness (QED) is 0.273. The fraction of sp³-hybridized carbons (Fsp3) is 0.786. The van der Waals surface area contributed by atoms with Gasteiger partial charge in [-0.15, -0.1) is 0 Å². The van der Waals surface area contributed by atoms with E-state index in [1.54, 1.807) is 0 Å². The van der Waals surface area contributed by atoms with E-state index < -0.39 is 0 Å². The van der Waals surface area contributed by atoms with Crippen LogP contribution >= 0.6 is 0 Å². The zero-order valence-electron chi connectivity index (χ0n) is 20.4. The summed E-state index contributed by atoms with van der Waals surface area (Å²) >= 11 is 0. The van der Waals surface area contributed by atoms with E-state index >= 15 is 0 Å². The van der Waals surface area contributed by atoms with Gasteiger partial charge in [0.1, 0.15) is 5.75 Å². The zero-order valence-corrected chi connectivity index (χ0v) is 20.4. The van der Waals surface area contributed by atoms with E-state index in [1.807, 2.05) is 0 Å². The van der Waals surface area contributed by atoms with Gasteiger partial charge in [-0.2, -0.15) is 0 Å². The van der Waals surface area contributed by atoms with Gasteiger partial charge in [-0.3, -0.25) is 0 Å². The Morgan fingerprint density at radius 1 is 0.655 bits per heavy atom. The second-order valence-electron chi connectivity index (χ2n) is 10.2. The molecular formula is C28H50O. The van der Waals surface area contributed by atoms with Gasteiger partial charge in [0.05, 0.1) is 0 Å². The molecule has 0 unspecified atom stereocenters. The number of phenolic OH excluding ortho intramolecular Hbond substituents is 1. The van der Waals surface area contributed by atoms with Gasteiger partial charge in [-0.25, -0.2) is 0 Å². The number of benzene rings is 1. The number of phenols is 1. The van der Waals surface area contributed by atoms with E-state index in [-0.39, 0.29) is 5.41 Å². The predicted octanol–water partition coefficient (Wildman–Crippen LogP) is 9.41. The zero-order chi connectivity index (χ0) is 21.5. The summed E-state index contributed by atoms with van der Waals surface area (Å²) in [5, 5.41) is 10.6. The third kappa shape index (κ3) is 11.1. The van der Waals surface area contributed by atoms with E-state index in [4.69, 9.17) is 0 Å². The SMILES string of the molecule is CCCCCCCCCCCCCCCCCc1ccc(C(C)(C)C)c(C)c1O. The molecule has 0 saturated carbocycles. The number of hydrogen-bond acceptors (Lipinski definition) is 1. The summed E-state index contributed by atoms with van der Waals surface area (Å²) in [5.41, 5.74) is 3.55. The maximum absolute atomic E-state index is 10.6. The van der Waals surface area contributed by atoms with Crippen LogP contribution in [-0.4, -0.2) is 5.11 Å². The van der Waals surface area contributed by atoms with E-state index in [2.05, 4.69) is 46.8 Å². The van der Waals surface area contributed by atoms with Crippen molar-refractivity contribution in [2.24, 2.45) is 0 Å². The molecule has 0 spiro atoms. The second-order valence-corrected chi connectivity index (χ2v) is 10.2. The molecule has 1 aromatic carbocycles. The lowest BCUT2D eigenvalue weighted by Gasteiger charge is -2.23. The maximum atomic E-state index is 10.6. The molecule has 29 heavy (non-hydrogen) atoms. The normalized spacial score (nSPS) is 11.9. The first kappa shape index (κ1) is 26.1. The summed E-state index contributed by atoms with van der Waals surface area (Å²) in [7, 11) is 0. The Labute approximate surface area is 182 Å². The van der Waals surface area contributed by atoms with Crippen LogP contribution in [0, 0.1) is 6.92 Å². The molecule has 1 N–H and O–H groups in total. The van der Waals surface area contributed by atoms with Crippen molar-refractivity contribution >= 4 is 0 Å². The molecule has 0 radical (unpaired) electrons. The van der Waals surface area contributed by atoms with Gasteiger partial charge >= 0.3 is 0 Å². The van der Waals surface area contributed by atoms with Crippen LogP contribution in [0.25, 0.3) is 0 Å². The summed E-state index contributed by atoms with van der Waals surface area (Å²) in [6.45, 7) is 11.0. The van der Waals surface area contributed by atoms with Crippen molar-refractivity contribution in [2.45, 2.75) is 143 Å². The molecule has 1 heteroatoms. The lowest BCUT2D eigenvalue weighted by atomic mass is 9.82. The molecule has 0 aliphatic carbocycles. The third-order valence-corrected chi connectivity index (χ3v) is 6.37. The number of aromatic hydroxyl groups is 1. The molecule has 1 nitrogen and oxygen atoms in total. The van der Waals surface area contributed by atoms with Crippen LogP contribution in [-0.2, 0) is 11.8 Å². The molecule has 0 aromatic heterocycles. The minimum atomic E-state index is 0.0920. The first-order chi connectivity index (χ1) is 13.9. The molecule has 1 aromatic rings. The van der Waals surface area contributed by atoms with Crippen LogP contribution in [0.3, 0.4) is 0 Å². The summed E-state index contributed by atoms with van der Waals surface area (Å²) < 4.78 is 0. The smallest absolute Gasteiger partial charge is 0.121 e. The standard InChI is InChI=1S/C28H50O/c1-6-7-8-9-10-11-12-13-14-15-16-17-18-19-20-21-25-22-23-26(28(3,4)5)24(2)27(25)29/h22-23,29H,6-21H2,1-5H3. The van der Waals surface area contributed by atoms with E-state index in [0.717, 1.165) is 17.5 Å². The molecule has 0 fully saturated rings. The molecule has 0 atom stereocenters. The Hall–Kier alpha value is -0.980. The number of aryl methyl sites for hydroxylation is 1. The van der Waals surface area contributed by atoms with Crippen molar-refractivity contribution in [1.82, 2.24) is 0 Å². The van der Waals surface area contributed by atoms with Gasteiger partial charge in [-0.1, -0.05) is 130 Å². The summed E-state index contributed by atoms with van der Waals surface area (Å²) in [4.78, 5) is 0. The first-order valence-corrected chi connectivity index (χ1v) is 12.7. The minimum absolute atomic E-state index is 0.0920. The van der Waals surface area contributed by atoms with E-state index in [0.29, 0.717) is 5.75 Å². The van der Waals surface area contributed by atoms with Crippen LogP contribution in [0.4, 0.5) is 0 Å². The average molecular weight is 403 g/mol. The Morgan fingerprint density at radius 2 is 1.07 bits per heavy atom. The molecule has 1 rings (SSSR count). The van der Waals surface area contributed by atoms with Crippen LogP contribution in [0.2, 0.25) is 0 Å². The molecule has 0 amide bonds. The van der Waals surface area contributed by atoms with Crippen molar-refractivity contribution in [3.05, 3.63) is 28.8 Å². The Kier molecular flexibility index (Phi) is 13.4. The minimum Gasteiger partial charge on any atom is -0.507 e. The molecule has 0 saturated heterocycles. The highest BCUT2D eigenvalue weighted by Crippen LogP contribution is 2.33. The van der Waals surface area contributed by atoms with Gasteiger partial charge in [0.25, 0.3) is 0 Å². The van der Waals surface area contributed by atoms with Gasteiger partial charge < -0.3 is 5.11 Å². The molecule has 0 aliphatic rings. The summed E-state index contributed by atoms with van der Waals surface area (Å²) in [5.74, 6) is 0.530. The fourth-order valence-corrected chi connectivity index (χ4v) is 4.46. The molecule has 168 valence electrons.